The Kier molecular flexibility index (Phi) is 4.96. The van der Waals surface area contributed by atoms with Crippen molar-refractivity contribution in [2.45, 2.75) is 26.8 Å². The number of hydrogen-bond acceptors (Lipinski definition) is 5. The summed E-state index contributed by atoms with van der Waals surface area (Å²) in [5.74, 6) is 1.52. The van der Waals surface area contributed by atoms with Gasteiger partial charge in [-0.25, -0.2) is 9.97 Å². The summed E-state index contributed by atoms with van der Waals surface area (Å²) in [6.07, 6.45) is 0. The maximum absolute atomic E-state index is 6.08. The number of halogens is 1. The zero-order valence-corrected chi connectivity index (χ0v) is 12.5. The average Bonchev–Trinajstić information content (AvgIpc) is 2.36. The minimum absolute atomic E-state index is 0.308. The lowest BCUT2D eigenvalue weighted by Gasteiger charge is -2.29. The van der Waals surface area contributed by atoms with Crippen molar-refractivity contribution in [2.75, 3.05) is 38.2 Å². The van der Waals surface area contributed by atoms with Crippen LogP contribution in [0.4, 0.5) is 5.82 Å². The highest BCUT2D eigenvalue weighted by molar-refractivity contribution is 6.30. The molecule has 0 bridgehead atoms. The van der Waals surface area contributed by atoms with Crippen LogP contribution in [0.2, 0.25) is 5.15 Å². The summed E-state index contributed by atoms with van der Waals surface area (Å²) in [6.45, 7) is 10.6. The van der Waals surface area contributed by atoms with Gasteiger partial charge in [-0.15, -0.1) is 0 Å². The van der Waals surface area contributed by atoms with Crippen LogP contribution >= 0.6 is 11.6 Å². The van der Waals surface area contributed by atoms with E-state index in [1.165, 1.54) is 0 Å². The first-order chi connectivity index (χ1) is 9.06. The zero-order chi connectivity index (χ0) is 13.8. The van der Waals surface area contributed by atoms with Gasteiger partial charge in [0, 0.05) is 31.2 Å². The number of ether oxygens (including phenoxy) is 1. The number of hydrogen-bond donors (Lipinski definition) is 1. The monoisotopic (exact) mass is 284 g/mol. The predicted octanol–water partition coefficient (Wildman–Crippen LogP) is 1.88. The number of aromatic nitrogens is 2. The number of nitrogens with zero attached hydrogens (tertiary/aromatic N) is 3. The highest BCUT2D eigenvalue weighted by Crippen LogP contribution is 2.20. The SMILES string of the molecule is Cc1nc(Cl)c(C)c(NC(C)CN2CCOCC2)n1. The second-order valence-corrected chi connectivity index (χ2v) is 5.35. The Morgan fingerprint density at radius 1 is 1.32 bits per heavy atom. The minimum atomic E-state index is 0.308. The highest BCUT2D eigenvalue weighted by Gasteiger charge is 2.15. The van der Waals surface area contributed by atoms with E-state index in [-0.39, 0.29) is 0 Å². The summed E-state index contributed by atoms with van der Waals surface area (Å²) in [5, 5.41) is 3.94. The Balaban J connectivity index is 1.96. The molecule has 6 heteroatoms. The summed E-state index contributed by atoms with van der Waals surface area (Å²) >= 11 is 6.08. The van der Waals surface area contributed by atoms with Crippen LogP contribution in [-0.2, 0) is 4.74 Å². The van der Waals surface area contributed by atoms with Crippen molar-refractivity contribution in [3.8, 4) is 0 Å². The lowest BCUT2D eigenvalue weighted by Crippen LogP contribution is -2.42. The molecule has 1 saturated heterocycles. The van der Waals surface area contributed by atoms with Gasteiger partial charge in [-0.2, -0.15) is 0 Å². The van der Waals surface area contributed by atoms with Gasteiger partial charge in [0.05, 0.1) is 13.2 Å². The fourth-order valence-corrected chi connectivity index (χ4v) is 2.40. The van der Waals surface area contributed by atoms with E-state index in [0.717, 1.165) is 44.2 Å². The molecule has 1 atom stereocenters. The molecule has 1 aliphatic heterocycles. The van der Waals surface area contributed by atoms with Crippen molar-refractivity contribution in [2.24, 2.45) is 0 Å². The Hall–Kier alpha value is -0.910. The topological polar surface area (TPSA) is 50.3 Å². The molecule has 2 heterocycles. The Morgan fingerprint density at radius 2 is 2.00 bits per heavy atom. The molecule has 0 aromatic carbocycles. The van der Waals surface area contributed by atoms with Crippen LogP contribution in [0.5, 0.6) is 0 Å². The molecule has 0 spiro atoms. The molecule has 0 saturated carbocycles. The second kappa shape index (κ2) is 6.50. The number of aryl methyl sites for hydroxylation is 1. The van der Waals surface area contributed by atoms with Crippen LogP contribution < -0.4 is 5.32 Å². The van der Waals surface area contributed by atoms with Gasteiger partial charge in [0.2, 0.25) is 0 Å². The van der Waals surface area contributed by atoms with Crippen LogP contribution in [0.15, 0.2) is 0 Å². The van der Waals surface area contributed by atoms with Gasteiger partial charge in [0.15, 0.2) is 0 Å². The van der Waals surface area contributed by atoms with E-state index in [4.69, 9.17) is 16.3 Å². The maximum atomic E-state index is 6.08. The van der Waals surface area contributed by atoms with E-state index in [9.17, 15) is 0 Å². The third-order valence-corrected chi connectivity index (χ3v) is 3.59. The van der Waals surface area contributed by atoms with E-state index in [1.54, 1.807) is 0 Å². The zero-order valence-electron chi connectivity index (χ0n) is 11.7. The molecule has 0 amide bonds. The van der Waals surface area contributed by atoms with Gasteiger partial charge in [0.1, 0.15) is 16.8 Å². The molecule has 1 aromatic rings. The van der Waals surface area contributed by atoms with E-state index < -0.39 is 0 Å². The number of nitrogens with one attached hydrogen (secondary N) is 1. The molecule has 1 unspecified atom stereocenters. The van der Waals surface area contributed by atoms with Crippen molar-refractivity contribution in [1.29, 1.82) is 0 Å². The predicted molar refractivity (Wildman–Crippen MR) is 76.9 cm³/mol. The summed E-state index contributed by atoms with van der Waals surface area (Å²) in [4.78, 5) is 11.0. The lowest BCUT2D eigenvalue weighted by atomic mass is 10.2. The van der Waals surface area contributed by atoms with Gasteiger partial charge in [-0.3, -0.25) is 4.90 Å². The lowest BCUT2D eigenvalue weighted by molar-refractivity contribution is 0.0368. The fourth-order valence-electron chi connectivity index (χ4n) is 2.18. The maximum Gasteiger partial charge on any atom is 0.137 e. The largest absolute Gasteiger partial charge is 0.379 e. The summed E-state index contributed by atoms with van der Waals surface area (Å²) in [5.41, 5.74) is 0.904. The first-order valence-corrected chi connectivity index (χ1v) is 7.01. The van der Waals surface area contributed by atoms with Crippen molar-refractivity contribution in [3.63, 3.8) is 0 Å². The van der Waals surface area contributed by atoms with E-state index in [2.05, 4.69) is 27.1 Å². The van der Waals surface area contributed by atoms with Crippen molar-refractivity contribution >= 4 is 17.4 Å². The molecule has 1 fully saturated rings. The van der Waals surface area contributed by atoms with Gasteiger partial charge in [0.25, 0.3) is 0 Å². The average molecular weight is 285 g/mol. The van der Waals surface area contributed by atoms with Gasteiger partial charge >= 0.3 is 0 Å². The molecular weight excluding hydrogens is 264 g/mol. The Morgan fingerprint density at radius 3 is 2.68 bits per heavy atom. The molecule has 106 valence electrons. The van der Waals surface area contributed by atoms with Crippen LogP contribution in [0.3, 0.4) is 0 Å². The van der Waals surface area contributed by atoms with Crippen molar-refractivity contribution in [1.82, 2.24) is 14.9 Å². The van der Waals surface area contributed by atoms with E-state index in [1.807, 2.05) is 13.8 Å². The molecule has 1 aliphatic rings. The minimum Gasteiger partial charge on any atom is -0.379 e. The van der Waals surface area contributed by atoms with Crippen LogP contribution in [-0.4, -0.2) is 53.8 Å². The summed E-state index contributed by atoms with van der Waals surface area (Å²) in [7, 11) is 0. The van der Waals surface area contributed by atoms with Gasteiger partial charge in [-0.05, 0) is 20.8 Å². The smallest absolute Gasteiger partial charge is 0.137 e. The summed E-state index contributed by atoms with van der Waals surface area (Å²) < 4.78 is 5.35. The molecule has 2 rings (SSSR count). The number of rotatable bonds is 4. The van der Waals surface area contributed by atoms with Gasteiger partial charge in [-0.1, -0.05) is 11.6 Å². The highest BCUT2D eigenvalue weighted by atomic mass is 35.5. The molecule has 1 aromatic heterocycles. The number of anilines is 1. The van der Waals surface area contributed by atoms with Crippen molar-refractivity contribution in [3.05, 3.63) is 16.5 Å². The van der Waals surface area contributed by atoms with Crippen LogP contribution in [0, 0.1) is 13.8 Å². The van der Waals surface area contributed by atoms with Crippen LogP contribution in [0.1, 0.15) is 18.3 Å². The molecule has 0 aliphatic carbocycles. The van der Waals surface area contributed by atoms with Gasteiger partial charge < -0.3 is 10.1 Å². The molecule has 1 N–H and O–H groups in total. The van der Waals surface area contributed by atoms with E-state index in [0.29, 0.717) is 17.0 Å². The number of morpholine rings is 1. The van der Waals surface area contributed by atoms with Crippen molar-refractivity contribution < 1.29 is 4.74 Å². The third-order valence-electron chi connectivity index (χ3n) is 3.22. The Bertz CT molecular complexity index is 435. The molecule has 19 heavy (non-hydrogen) atoms. The first-order valence-electron chi connectivity index (χ1n) is 6.63. The molecular formula is C13H21ClN4O. The third kappa shape index (κ3) is 4.03. The summed E-state index contributed by atoms with van der Waals surface area (Å²) in [6, 6.07) is 0.308. The normalized spacial score (nSPS) is 18.3. The van der Waals surface area contributed by atoms with Crippen LogP contribution in [0.25, 0.3) is 0 Å². The quantitative estimate of drug-likeness (QED) is 0.856. The first kappa shape index (κ1) is 14.5. The second-order valence-electron chi connectivity index (χ2n) is 4.99. The molecule has 5 nitrogen and oxygen atoms in total. The molecule has 0 radical (unpaired) electrons. The standard InChI is InChI=1S/C13H21ClN4O/c1-9(8-18-4-6-19-7-5-18)15-13-10(2)12(14)16-11(3)17-13/h9H,4-8H2,1-3H3,(H,15,16,17). The Labute approximate surface area is 119 Å². The fraction of sp³-hybridized carbons (Fsp3) is 0.692. The van der Waals surface area contributed by atoms with E-state index >= 15 is 0 Å².